The molecule has 1 heteroatoms. The molecule has 0 saturated heterocycles. The van der Waals surface area contributed by atoms with Crippen LogP contribution in [-0.4, -0.2) is 5.78 Å². The van der Waals surface area contributed by atoms with Gasteiger partial charge in [-0.2, -0.15) is 0 Å². The lowest BCUT2D eigenvalue weighted by Crippen LogP contribution is -2.24. The van der Waals surface area contributed by atoms with Gasteiger partial charge in [-0.15, -0.1) is 0 Å². The van der Waals surface area contributed by atoms with E-state index in [1.165, 1.54) is 18.4 Å². The maximum Gasteiger partial charge on any atom is 0.130 e. The van der Waals surface area contributed by atoms with Crippen LogP contribution in [0.3, 0.4) is 0 Å². The Balaban J connectivity index is 2.90. The van der Waals surface area contributed by atoms with Crippen LogP contribution in [0.2, 0.25) is 0 Å². The Morgan fingerprint density at radius 3 is 2.38 bits per heavy atom. The Bertz CT molecular complexity index is 329. The third kappa shape index (κ3) is 3.48. The number of hydrogen-bond acceptors (Lipinski definition) is 1. The van der Waals surface area contributed by atoms with Crippen molar-refractivity contribution < 1.29 is 4.79 Å². The van der Waals surface area contributed by atoms with E-state index in [2.05, 4.69) is 38.1 Å². The molecule has 0 amide bonds. The van der Waals surface area contributed by atoms with Crippen LogP contribution in [0, 0.1) is 0 Å². The molecule has 0 saturated carbocycles. The normalized spacial score (nSPS) is 14.4. The highest BCUT2D eigenvalue weighted by Gasteiger charge is 2.27. The highest BCUT2D eigenvalue weighted by Crippen LogP contribution is 2.33. The smallest absolute Gasteiger partial charge is 0.130 e. The van der Waals surface area contributed by atoms with Crippen LogP contribution < -0.4 is 0 Å². The monoisotopic (exact) mass is 218 g/mol. The zero-order valence-electron chi connectivity index (χ0n) is 10.6. The van der Waals surface area contributed by atoms with Crippen LogP contribution in [0.1, 0.15) is 52.0 Å². The molecule has 1 atom stereocenters. The molecule has 0 spiro atoms. The molecule has 0 radical (unpaired) electrons. The summed E-state index contributed by atoms with van der Waals surface area (Å²) in [6, 6.07) is 10.4. The number of hydrogen-bond donors (Lipinski definition) is 0. The highest BCUT2D eigenvalue weighted by atomic mass is 16.1. The second-order valence-corrected chi connectivity index (χ2v) is 4.91. The summed E-state index contributed by atoms with van der Waals surface area (Å²) in [5.41, 5.74) is 1.31. The molecule has 0 aliphatic rings. The number of benzene rings is 1. The third-order valence-electron chi connectivity index (χ3n) is 3.19. The summed E-state index contributed by atoms with van der Waals surface area (Å²) in [6.45, 7) is 6.09. The topological polar surface area (TPSA) is 17.1 Å². The number of carbonyl (C=O) groups is 1. The number of Topliss-reactive ketones (excluding diaryl/α,β-unsaturated/α-hetero) is 1. The standard InChI is InChI=1S/C15H22O/c1-4-5-11-15(3,12-13(2)16)14-9-7-6-8-10-14/h6-10H,4-5,11-12H2,1-3H3. The zero-order valence-corrected chi connectivity index (χ0v) is 10.6. The third-order valence-corrected chi connectivity index (χ3v) is 3.19. The Morgan fingerprint density at radius 2 is 1.88 bits per heavy atom. The molecule has 1 nitrogen and oxygen atoms in total. The number of unbranched alkanes of at least 4 members (excludes halogenated alkanes) is 1. The van der Waals surface area contributed by atoms with Gasteiger partial charge in [0, 0.05) is 6.42 Å². The minimum absolute atomic E-state index is 0.0170. The van der Waals surface area contributed by atoms with Gasteiger partial charge in [0.05, 0.1) is 0 Å². The first-order chi connectivity index (χ1) is 7.58. The Kier molecular flexibility index (Phi) is 4.72. The SMILES string of the molecule is CCCCC(C)(CC(C)=O)c1ccccc1. The molecule has 0 aliphatic heterocycles. The van der Waals surface area contributed by atoms with Crippen LogP contribution >= 0.6 is 0 Å². The van der Waals surface area contributed by atoms with Crippen LogP contribution in [0.5, 0.6) is 0 Å². The van der Waals surface area contributed by atoms with E-state index in [-0.39, 0.29) is 11.2 Å². The van der Waals surface area contributed by atoms with E-state index in [0.29, 0.717) is 6.42 Å². The van der Waals surface area contributed by atoms with E-state index < -0.39 is 0 Å². The van der Waals surface area contributed by atoms with Crippen molar-refractivity contribution in [3.63, 3.8) is 0 Å². The van der Waals surface area contributed by atoms with Gasteiger partial charge >= 0.3 is 0 Å². The molecule has 0 aliphatic carbocycles. The second kappa shape index (κ2) is 5.83. The van der Waals surface area contributed by atoms with Crippen molar-refractivity contribution in [3.05, 3.63) is 35.9 Å². The first-order valence-corrected chi connectivity index (χ1v) is 6.13. The molecule has 16 heavy (non-hydrogen) atoms. The molecule has 0 fully saturated rings. The molecule has 0 bridgehead atoms. The van der Waals surface area contributed by atoms with Crippen LogP contribution in [0.15, 0.2) is 30.3 Å². The maximum atomic E-state index is 11.4. The fraction of sp³-hybridized carbons (Fsp3) is 0.533. The predicted molar refractivity (Wildman–Crippen MR) is 68.6 cm³/mol. The summed E-state index contributed by atoms with van der Waals surface area (Å²) in [4.78, 5) is 11.4. The summed E-state index contributed by atoms with van der Waals surface area (Å²) in [6.07, 6.45) is 4.10. The summed E-state index contributed by atoms with van der Waals surface area (Å²) in [5, 5.41) is 0. The largest absolute Gasteiger partial charge is 0.300 e. The second-order valence-electron chi connectivity index (χ2n) is 4.91. The first-order valence-electron chi connectivity index (χ1n) is 6.13. The van der Waals surface area contributed by atoms with E-state index in [9.17, 15) is 4.79 Å². The first kappa shape index (κ1) is 13.0. The maximum absolute atomic E-state index is 11.4. The molecule has 0 N–H and O–H groups in total. The van der Waals surface area contributed by atoms with Gasteiger partial charge in [0.15, 0.2) is 0 Å². The lowest BCUT2D eigenvalue weighted by Gasteiger charge is -2.29. The number of ketones is 1. The Morgan fingerprint density at radius 1 is 1.25 bits per heavy atom. The fourth-order valence-corrected chi connectivity index (χ4v) is 2.29. The van der Waals surface area contributed by atoms with Crippen LogP contribution in [-0.2, 0) is 10.2 Å². The minimum Gasteiger partial charge on any atom is -0.300 e. The van der Waals surface area contributed by atoms with Crippen molar-refractivity contribution in [2.24, 2.45) is 0 Å². The van der Waals surface area contributed by atoms with Gasteiger partial charge in [0.1, 0.15) is 5.78 Å². The van der Waals surface area contributed by atoms with Crippen molar-refractivity contribution in [2.75, 3.05) is 0 Å². The molecule has 88 valence electrons. The zero-order chi connectivity index (χ0) is 12.0. The predicted octanol–water partition coefficient (Wildman–Crippen LogP) is 4.11. The number of carbonyl (C=O) groups excluding carboxylic acids is 1. The summed E-state index contributed by atoms with van der Waals surface area (Å²) < 4.78 is 0. The summed E-state index contributed by atoms with van der Waals surface area (Å²) in [5.74, 6) is 0.280. The lowest BCUT2D eigenvalue weighted by molar-refractivity contribution is -0.118. The molecular weight excluding hydrogens is 196 g/mol. The van der Waals surface area contributed by atoms with Gasteiger partial charge in [-0.3, -0.25) is 4.79 Å². The average molecular weight is 218 g/mol. The average Bonchev–Trinajstić information content (AvgIpc) is 2.27. The van der Waals surface area contributed by atoms with Gasteiger partial charge in [-0.25, -0.2) is 0 Å². The summed E-state index contributed by atoms with van der Waals surface area (Å²) in [7, 11) is 0. The lowest BCUT2D eigenvalue weighted by atomic mass is 9.74. The van der Waals surface area contributed by atoms with Gasteiger partial charge in [-0.1, -0.05) is 57.0 Å². The molecule has 1 rings (SSSR count). The summed E-state index contributed by atoms with van der Waals surface area (Å²) >= 11 is 0. The van der Waals surface area contributed by atoms with Crippen molar-refractivity contribution in [1.82, 2.24) is 0 Å². The quantitative estimate of drug-likeness (QED) is 0.702. The van der Waals surface area contributed by atoms with Crippen LogP contribution in [0.25, 0.3) is 0 Å². The molecule has 1 unspecified atom stereocenters. The van der Waals surface area contributed by atoms with Gasteiger partial charge < -0.3 is 0 Å². The highest BCUT2D eigenvalue weighted by molar-refractivity contribution is 5.77. The van der Waals surface area contributed by atoms with E-state index in [0.717, 1.165) is 6.42 Å². The van der Waals surface area contributed by atoms with Crippen molar-refractivity contribution in [1.29, 1.82) is 0 Å². The van der Waals surface area contributed by atoms with Crippen molar-refractivity contribution in [3.8, 4) is 0 Å². The van der Waals surface area contributed by atoms with Crippen molar-refractivity contribution >= 4 is 5.78 Å². The van der Waals surface area contributed by atoms with E-state index >= 15 is 0 Å². The molecule has 0 heterocycles. The molecular formula is C15H22O. The van der Waals surface area contributed by atoms with Gasteiger partial charge in [0.25, 0.3) is 0 Å². The van der Waals surface area contributed by atoms with Crippen LogP contribution in [0.4, 0.5) is 0 Å². The fourth-order valence-electron chi connectivity index (χ4n) is 2.29. The van der Waals surface area contributed by atoms with Crippen molar-refractivity contribution in [2.45, 2.75) is 51.9 Å². The van der Waals surface area contributed by atoms with E-state index in [4.69, 9.17) is 0 Å². The Labute approximate surface area is 98.9 Å². The Hall–Kier alpha value is -1.11. The molecule has 1 aromatic carbocycles. The van der Waals surface area contributed by atoms with Gasteiger partial charge in [-0.05, 0) is 24.3 Å². The van der Waals surface area contributed by atoms with Gasteiger partial charge in [0.2, 0.25) is 0 Å². The molecule has 0 aromatic heterocycles. The van der Waals surface area contributed by atoms with E-state index in [1.807, 2.05) is 6.07 Å². The van der Waals surface area contributed by atoms with E-state index in [1.54, 1.807) is 6.92 Å². The molecule has 1 aromatic rings. The minimum atomic E-state index is 0.0170. The number of rotatable bonds is 6.